The predicted octanol–water partition coefficient (Wildman–Crippen LogP) is 2.76. The second-order valence-electron chi connectivity index (χ2n) is 7.12. The highest BCUT2D eigenvalue weighted by atomic mass is 16.5. The molecule has 1 unspecified atom stereocenters. The van der Waals surface area contributed by atoms with Crippen molar-refractivity contribution in [2.24, 2.45) is 0 Å². The minimum absolute atomic E-state index is 0.0410. The van der Waals surface area contributed by atoms with Crippen LogP contribution in [0, 0.1) is 6.92 Å². The maximum absolute atomic E-state index is 11.4. The van der Waals surface area contributed by atoms with E-state index >= 15 is 0 Å². The van der Waals surface area contributed by atoms with E-state index in [1.165, 1.54) is 5.69 Å². The van der Waals surface area contributed by atoms with Gasteiger partial charge in [0.25, 0.3) is 0 Å². The van der Waals surface area contributed by atoms with Gasteiger partial charge in [0.2, 0.25) is 0 Å². The molecule has 1 saturated heterocycles. The summed E-state index contributed by atoms with van der Waals surface area (Å²) in [4.78, 5) is 16.1. The number of ether oxygens (including phenoxy) is 1. The zero-order chi connectivity index (χ0) is 19.2. The Balaban J connectivity index is 1.44. The van der Waals surface area contributed by atoms with E-state index in [0.717, 1.165) is 31.7 Å². The van der Waals surface area contributed by atoms with Crippen molar-refractivity contribution in [1.82, 2.24) is 4.90 Å². The van der Waals surface area contributed by atoms with Crippen LogP contribution in [0.25, 0.3) is 0 Å². The van der Waals surface area contributed by atoms with Crippen molar-refractivity contribution in [2.45, 2.75) is 20.0 Å². The fourth-order valence-corrected chi connectivity index (χ4v) is 3.39. The highest BCUT2D eigenvalue weighted by Crippen LogP contribution is 2.20. The maximum Gasteiger partial charge on any atom is 0.159 e. The third kappa shape index (κ3) is 5.31. The molecular formula is C22H28N2O3. The van der Waals surface area contributed by atoms with Gasteiger partial charge >= 0.3 is 0 Å². The summed E-state index contributed by atoms with van der Waals surface area (Å²) in [7, 11) is 0. The lowest BCUT2D eigenvalue weighted by Crippen LogP contribution is -2.49. The van der Waals surface area contributed by atoms with Gasteiger partial charge in [0.05, 0.1) is 0 Å². The van der Waals surface area contributed by atoms with E-state index in [4.69, 9.17) is 4.74 Å². The Kier molecular flexibility index (Phi) is 6.48. The van der Waals surface area contributed by atoms with Gasteiger partial charge in [-0.15, -0.1) is 0 Å². The number of aliphatic hydroxyl groups is 1. The van der Waals surface area contributed by atoms with Crippen LogP contribution in [0.3, 0.4) is 0 Å². The molecule has 1 fully saturated rings. The van der Waals surface area contributed by atoms with Crippen molar-refractivity contribution in [3.05, 3.63) is 59.7 Å². The molecule has 1 aliphatic rings. The van der Waals surface area contributed by atoms with Crippen molar-refractivity contribution in [2.75, 3.05) is 44.2 Å². The van der Waals surface area contributed by atoms with E-state index in [1.54, 1.807) is 19.1 Å². The third-order valence-corrected chi connectivity index (χ3v) is 4.98. The molecule has 0 bridgehead atoms. The molecule has 1 atom stereocenters. The van der Waals surface area contributed by atoms with Gasteiger partial charge in [-0.3, -0.25) is 9.69 Å². The van der Waals surface area contributed by atoms with E-state index in [2.05, 4.69) is 34.1 Å². The number of piperazine rings is 1. The Morgan fingerprint density at radius 2 is 1.81 bits per heavy atom. The van der Waals surface area contributed by atoms with Gasteiger partial charge in [-0.1, -0.05) is 18.2 Å². The normalized spacial score (nSPS) is 16.2. The monoisotopic (exact) mass is 368 g/mol. The number of nitrogens with zero attached hydrogens (tertiary/aromatic N) is 2. The summed E-state index contributed by atoms with van der Waals surface area (Å²) in [5, 5.41) is 10.3. The van der Waals surface area contributed by atoms with E-state index < -0.39 is 6.10 Å². The second kappa shape index (κ2) is 9.02. The molecule has 144 valence electrons. The number of aliphatic hydroxyl groups excluding tert-OH is 1. The van der Waals surface area contributed by atoms with Crippen molar-refractivity contribution in [3.63, 3.8) is 0 Å². The predicted molar refractivity (Wildman–Crippen MR) is 108 cm³/mol. The number of hydrogen-bond donors (Lipinski definition) is 1. The van der Waals surface area contributed by atoms with Crippen molar-refractivity contribution in [3.8, 4) is 5.75 Å². The largest absolute Gasteiger partial charge is 0.491 e. The lowest BCUT2D eigenvalue weighted by atomic mass is 10.1. The van der Waals surface area contributed by atoms with Gasteiger partial charge in [0, 0.05) is 44.0 Å². The molecule has 3 rings (SSSR count). The van der Waals surface area contributed by atoms with Crippen LogP contribution in [0.1, 0.15) is 22.8 Å². The Labute approximate surface area is 161 Å². The number of anilines is 1. The molecule has 5 nitrogen and oxygen atoms in total. The number of β-amino-alcohol motifs (C(OH)–C–C–N with tert-alkyl or cyclic N) is 1. The van der Waals surface area contributed by atoms with Crippen LogP contribution in [0.4, 0.5) is 5.69 Å². The van der Waals surface area contributed by atoms with Crippen LogP contribution in [0.5, 0.6) is 5.75 Å². The van der Waals surface area contributed by atoms with Crippen LogP contribution in [-0.2, 0) is 0 Å². The van der Waals surface area contributed by atoms with Crippen molar-refractivity contribution < 1.29 is 14.6 Å². The zero-order valence-electron chi connectivity index (χ0n) is 16.1. The fraction of sp³-hybridized carbons (Fsp3) is 0.409. The number of carbonyl (C=O) groups excluding carboxylic acids is 1. The molecular weight excluding hydrogens is 340 g/mol. The molecule has 5 heteroatoms. The number of para-hydroxylation sites is 1. The minimum atomic E-state index is -0.542. The van der Waals surface area contributed by atoms with Crippen LogP contribution in [0.2, 0.25) is 0 Å². The van der Waals surface area contributed by atoms with Gasteiger partial charge in [0.1, 0.15) is 18.5 Å². The number of rotatable bonds is 7. The van der Waals surface area contributed by atoms with Crippen molar-refractivity contribution in [1.29, 1.82) is 0 Å². The molecule has 0 aromatic heterocycles. The first-order chi connectivity index (χ1) is 13.0. The summed E-state index contributed by atoms with van der Waals surface area (Å²) >= 11 is 0. The Hall–Kier alpha value is -2.37. The van der Waals surface area contributed by atoms with Crippen LogP contribution < -0.4 is 9.64 Å². The minimum Gasteiger partial charge on any atom is -0.491 e. The van der Waals surface area contributed by atoms with Gasteiger partial charge in [-0.05, 0) is 49.7 Å². The molecule has 1 heterocycles. The van der Waals surface area contributed by atoms with E-state index in [9.17, 15) is 9.90 Å². The average Bonchev–Trinajstić information content (AvgIpc) is 2.68. The van der Waals surface area contributed by atoms with E-state index in [-0.39, 0.29) is 12.4 Å². The molecule has 0 aliphatic carbocycles. The van der Waals surface area contributed by atoms with E-state index in [1.807, 2.05) is 19.1 Å². The molecule has 2 aromatic carbocycles. The Morgan fingerprint density at radius 3 is 2.44 bits per heavy atom. The smallest absolute Gasteiger partial charge is 0.159 e. The molecule has 0 amide bonds. The van der Waals surface area contributed by atoms with Crippen LogP contribution >= 0.6 is 0 Å². The SMILES string of the molecule is CC(=O)c1ccc(OCC(O)CN2CCN(c3ccccc3)CC2)c(C)c1. The van der Waals surface area contributed by atoms with Gasteiger partial charge in [-0.2, -0.15) is 0 Å². The number of ketones is 1. The van der Waals surface area contributed by atoms with Gasteiger partial charge < -0.3 is 14.7 Å². The highest BCUT2D eigenvalue weighted by molar-refractivity contribution is 5.94. The fourth-order valence-electron chi connectivity index (χ4n) is 3.39. The molecule has 2 aromatic rings. The summed E-state index contributed by atoms with van der Waals surface area (Å²) < 4.78 is 5.77. The molecule has 0 radical (unpaired) electrons. The Morgan fingerprint density at radius 1 is 1.11 bits per heavy atom. The number of Topliss-reactive ketones (excluding diaryl/α,β-unsaturated/α-hetero) is 1. The second-order valence-corrected chi connectivity index (χ2v) is 7.12. The quantitative estimate of drug-likeness (QED) is 0.762. The third-order valence-electron chi connectivity index (χ3n) is 4.98. The first kappa shape index (κ1) is 19.4. The summed E-state index contributed by atoms with van der Waals surface area (Å²) in [5.74, 6) is 0.757. The lowest BCUT2D eigenvalue weighted by Gasteiger charge is -2.36. The van der Waals surface area contributed by atoms with Gasteiger partial charge in [-0.25, -0.2) is 0 Å². The summed E-state index contributed by atoms with van der Waals surface area (Å²) in [6, 6.07) is 15.8. The molecule has 0 saturated carbocycles. The number of aryl methyl sites for hydroxylation is 1. The van der Waals surface area contributed by atoms with Crippen LogP contribution in [0.15, 0.2) is 48.5 Å². The average molecular weight is 368 g/mol. The summed E-state index contributed by atoms with van der Waals surface area (Å²) in [5.41, 5.74) is 2.84. The summed E-state index contributed by atoms with van der Waals surface area (Å²) in [6.07, 6.45) is -0.542. The topological polar surface area (TPSA) is 53.0 Å². The van der Waals surface area contributed by atoms with Crippen molar-refractivity contribution >= 4 is 11.5 Å². The zero-order valence-corrected chi connectivity index (χ0v) is 16.1. The molecule has 0 spiro atoms. The number of hydrogen-bond acceptors (Lipinski definition) is 5. The maximum atomic E-state index is 11.4. The number of benzene rings is 2. The standard InChI is InChI=1S/C22H28N2O3/c1-17-14-19(18(2)25)8-9-22(17)27-16-21(26)15-23-10-12-24(13-11-23)20-6-4-3-5-7-20/h3-9,14,21,26H,10-13,15-16H2,1-2H3. The van der Waals surface area contributed by atoms with Gasteiger partial charge in [0.15, 0.2) is 5.78 Å². The van der Waals surface area contributed by atoms with Crippen LogP contribution in [-0.4, -0.2) is 61.2 Å². The molecule has 1 aliphatic heterocycles. The summed E-state index contributed by atoms with van der Waals surface area (Å²) in [6.45, 7) is 8.10. The first-order valence-electron chi connectivity index (χ1n) is 9.48. The highest BCUT2D eigenvalue weighted by Gasteiger charge is 2.19. The van der Waals surface area contributed by atoms with E-state index in [0.29, 0.717) is 17.9 Å². The molecule has 27 heavy (non-hydrogen) atoms. The lowest BCUT2D eigenvalue weighted by molar-refractivity contribution is 0.0660. The first-order valence-corrected chi connectivity index (χ1v) is 9.48. The Bertz CT molecular complexity index is 755. The number of carbonyl (C=O) groups is 1. The molecule has 1 N–H and O–H groups in total.